The van der Waals surface area contributed by atoms with Gasteiger partial charge in [-0.3, -0.25) is 9.89 Å². The Balaban J connectivity index is 0.00000261. The molecule has 0 spiro atoms. The van der Waals surface area contributed by atoms with E-state index in [4.69, 9.17) is 21.1 Å². The zero-order valence-electron chi connectivity index (χ0n) is 16.1. The van der Waals surface area contributed by atoms with Crippen LogP contribution in [0.15, 0.2) is 29.3 Å². The summed E-state index contributed by atoms with van der Waals surface area (Å²) in [5.41, 5.74) is 0. The Morgan fingerprint density at radius 3 is 2.78 bits per heavy atom. The summed E-state index contributed by atoms with van der Waals surface area (Å²) < 4.78 is 11.4. The molecule has 27 heavy (non-hydrogen) atoms. The smallest absolute Gasteiger partial charge is 0.193 e. The molecule has 0 saturated carbocycles. The number of guanidine groups is 1. The van der Waals surface area contributed by atoms with Gasteiger partial charge in [-0.1, -0.05) is 23.7 Å². The van der Waals surface area contributed by atoms with E-state index in [-0.39, 0.29) is 30.1 Å². The normalized spacial score (nSPS) is 22.3. The molecule has 0 bridgehead atoms. The van der Waals surface area contributed by atoms with Crippen molar-refractivity contribution in [3.8, 4) is 5.75 Å². The molecule has 0 aliphatic carbocycles. The summed E-state index contributed by atoms with van der Waals surface area (Å²) in [4.78, 5) is 9.33. The number of para-hydroxylation sites is 1. The lowest BCUT2D eigenvalue weighted by atomic mass is 10.2. The maximum Gasteiger partial charge on any atom is 0.193 e. The second-order valence-electron chi connectivity index (χ2n) is 6.82. The molecule has 2 unspecified atom stereocenters. The Hall–Kier alpha value is -0.770. The third-order valence-electron chi connectivity index (χ3n) is 4.95. The highest BCUT2D eigenvalue weighted by atomic mass is 127. The van der Waals surface area contributed by atoms with E-state index in [1.165, 1.54) is 6.42 Å². The maximum absolute atomic E-state index is 6.16. The number of nitrogens with zero attached hydrogens (tertiary/aromatic N) is 3. The summed E-state index contributed by atoms with van der Waals surface area (Å²) in [6, 6.07) is 8.15. The van der Waals surface area contributed by atoms with Gasteiger partial charge < -0.3 is 19.7 Å². The third kappa shape index (κ3) is 6.37. The lowest BCUT2D eigenvalue weighted by Crippen LogP contribution is -2.47. The molecule has 2 atom stereocenters. The minimum Gasteiger partial charge on any atom is -0.487 e. The molecule has 2 saturated heterocycles. The van der Waals surface area contributed by atoms with Gasteiger partial charge in [0, 0.05) is 39.3 Å². The molecule has 3 rings (SSSR count). The summed E-state index contributed by atoms with van der Waals surface area (Å²) in [6.07, 6.45) is 1.16. The molecular weight excluding hydrogens is 479 g/mol. The van der Waals surface area contributed by atoms with Crippen LogP contribution in [0.5, 0.6) is 5.75 Å². The number of ether oxygens (including phenoxy) is 2. The molecule has 0 radical (unpaired) electrons. The van der Waals surface area contributed by atoms with Crippen LogP contribution in [0.25, 0.3) is 0 Å². The first kappa shape index (κ1) is 22.5. The predicted molar refractivity (Wildman–Crippen MR) is 121 cm³/mol. The van der Waals surface area contributed by atoms with Crippen LogP contribution in [0.1, 0.15) is 13.3 Å². The molecule has 0 amide bonds. The summed E-state index contributed by atoms with van der Waals surface area (Å²) >= 11 is 6.16. The van der Waals surface area contributed by atoms with Crippen molar-refractivity contribution in [3.63, 3.8) is 0 Å². The van der Waals surface area contributed by atoms with E-state index < -0.39 is 0 Å². The standard InChI is InChI=1S/C19H29ClN4O2.HI/c1-15(26-18-6-4-3-5-17(18)20)13-22-19(21-2)24-8-7-16(14-24)23-9-11-25-12-10-23;/h3-6,15-16H,7-14H2,1-2H3,(H,21,22);1H. The Labute approximate surface area is 184 Å². The maximum atomic E-state index is 6.16. The van der Waals surface area contributed by atoms with Crippen molar-refractivity contribution in [1.29, 1.82) is 0 Å². The average Bonchev–Trinajstić information content (AvgIpc) is 3.15. The van der Waals surface area contributed by atoms with Gasteiger partial charge in [0.2, 0.25) is 0 Å². The summed E-state index contributed by atoms with van der Waals surface area (Å²) in [5.74, 6) is 1.65. The Kier molecular flexibility index (Phi) is 9.41. The number of halogens is 2. The molecule has 2 fully saturated rings. The highest BCUT2D eigenvalue weighted by molar-refractivity contribution is 14.0. The van der Waals surface area contributed by atoms with Crippen molar-refractivity contribution in [2.24, 2.45) is 4.99 Å². The minimum absolute atomic E-state index is 0. The fraction of sp³-hybridized carbons (Fsp3) is 0.632. The molecule has 1 aromatic carbocycles. The van der Waals surface area contributed by atoms with Gasteiger partial charge in [-0.25, -0.2) is 0 Å². The lowest BCUT2D eigenvalue weighted by Gasteiger charge is -2.32. The number of nitrogens with one attached hydrogen (secondary N) is 1. The Bertz CT molecular complexity index is 613. The molecule has 8 heteroatoms. The van der Waals surface area contributed by atoms with Crippen molar-refractivity contribution in [3.05, 3.63) is 29.3 Å². The molecule has 6 nitrogen and oxygen atoms in total. The van der Waals surface area contributed by atoms with Crippen molar-refractivity contribution >= 4 is 41.5 Å². The topological polar surface area (TPSA) is 49.3 Å². The van der Waals surface area contributed by atoms with E-state index in [9.17, 15) is 0 Å². The van der Waals surface area contributed by atoms with Gasteiger partial charge in [0.25, 0.3) is 0 Å². The second-order valence-corrected chi connectivity index (χ2v) is 7.23. The first-order chi connectivity index (χ1) is 12.7. The molecular formula is C19H30ClIN4O2. The number of hydrogen-bond acceptors (Lipinski definition) is 4. The molecule has 0 aromatic heterocycles. The first-order valence-corrected chi connectivity index (χ1v) is 9.73. The second kappa shape index (κ2) is 11.3. The fourth-order valence-electron chi connectivity index (χ4n) is 3.54. The van der Waals surface area contributed by atoms with Crippen LogP contribution in [0.2, 0.25) is 5.02 Å². The van der Waals surface area contributed by atoms with Crippen molar-refractivity contribution < 1.29 is 9.47 Å². The van der Waals surface area contributed by atoms with Gasteiger partial charge in [-0.15, -0.1) is 24.0 Å². The van der Waals surface area contributed by atoms with Gasteiger partial charge in [0.1, 0.15) is 11.9 Å². The van der Waals surface area contributed by atoms with Crippen LogP contribution in [0, 0.1) is 0 Å². The van der Waals surface area contributed by atoms with Crippen LogP contribution in [-0.4, -0.2) is 80.9 Å². The predicted octanol–water partition coefficient (Wildman–Crippen LogP) is 2.71. The zero-order valence-corrected chi connectivity index (χ0v) is 19.2. The highest BCUT2D eigenvalue weighted by Crippen LogP contribution is 2.24. The van der Waals surface area contributed by atoms with Crippen molar-refractivity contribution in [2.75, 3.05) is 53.0 Å². The number of likely N-dealkylation sites (tertiary alicyclic amines) is 1. The number of hydrogen-bond donors (Lipinski definition) is 1. The van der Waals surface area contributed by atoms with Crippen LogP contribution < -0.4 is 10.1 Å². The van der Waals surface area contributed by atoms with Gasteiger partial charge >= 0.3 is 0 Å². The summed E-state index contributed by atoms with van der Waals surface area (Å²) in [6.45, 7) is 8.52. The monoisotopic (exact) mass is 508 g/mol. The van der Waals surface area contributed by atoms with Crippen molar-refractivity contribution in [2.45, 2.75) is 25.5 Å². The number of benzene rings is 1. The quantitative estimate of drug-likeness (QED) is 0.377. The molecule has 152 valence electrons. The SMILES string of the molecule is CN=C(NCC(C)Oc1ccccc1Cl)N1CCC(N2CCOCC2)C1.I. The van der Waals surface area contributed by atoms with Gasteiger partial charge in [0.05, 0.1) is 24.8 Å². The Morgan fingerprint density at radius 1 is 1.33 bits per heavy atom. The van der Waals surface area contributed by atoms with Gasteiger partial charge in [0.15, 0.2) is 5.96 Å². The average molecular weight is 509 g/mol. The van der Waals surface area contributed by atoms with Crippen LogP contribution in [0.4, 0.5) is 0 Å². The van der Waals surface area contributed by atoms with Gasteiger partial charge in [-0.05, 0) is 25.5 Å². The third-order valence-corrected chi connectivity index (χ3v) is 5.26. The molecule has 2 aliphatic rings. The van der Waals surface area contributed by atoms with E-state index in [0.717, 1.165) is 45.4 Å². The first-order valence-electron chi connectivity index (χ1n) is 9.36. The fourth-order valence-corrected chi connectivity index (χ4v) is 3.72. The van der Waals surface area contributed by atoms with Crippen LogP contribution in [-0.2, 0) is 4.74 Å². The van der Waals surface area contributed by atoms with E-state index >= 15 is 0 Å². The van der Waals surface area contributed by atoms with Crippen molar-refractivity contribution in [1.82, 2.24) is 15.1 Å². The number of aliphatic imine (C=N–C) groups is 1. The van der Waals surface area contributed by atoms with Crippen LogP contribution >= 0.6 is 35.6 Å². The highest BCUT2D eigenvalue weighted by Gasteiger charge is 2.30. The van der Waals surface area contributed by atoms with E-state index in [0.29, 0.717) is 23.4 Å². The molecule has 1 aromatic rings. The van der Waals surface area contributed by atoms with Crippen LogP contribution in [0.3, 0.4) is 0 Å². The molecule has 1 N–H and O–H groups in total. The van der Waals surface area contributed by atoms with Gasteiger partial charge in [-0.2, -0.15) is 0 Å². The zero-order chi connectivity index (χ0) is 18.4. The van der Waals surface area contributed by atoms with E-state index in [1.807, 2.05) is 38.2 Å². The lowest BCUT2D eigenvalue weighted by molar-refractivity contribution is 0.0194. The molecule has 2 aliphatic heterocycles. The number of rotatable bonds is 5. The minimum atomic E-state index is -0.00991. The Morgan fingerprint density at radius 2 is 2.07 bits per heavy atom. The summed E-state index contributed by atoms with van der Waals surface area (Å²) in [7, 11) is 1.84. The number of morpholine rings is 1. The summed E-state index contributed by atoms with van der Waals surface area (Å²) in [5, 5.41) is 4.07. The molecule has 2 heterocycles. The largest absolute Gasteiger partial charge is 0.487 e. The van der Waals surface area contributed by atoms with E-state index in [1.54, 1.807) is 0 Å². The van der Waals surface area contributed by atoms with E-state index in [2.05, 4.69) is 20.1 Å².